The molecule has 0 atom stereocenters. The lowest BCUT2D eigenvalue weighted by Crippen LogP contribution is -2.01. The van der Waals surface area contributed by atoms with E-state index in [-0.39, 0.29) is 0 Å². The monoisotopic (exact) mass is 574 g/mol. The van der Waals surface area contributed by atoms with Gasteiger partial charge in [0.2, 0.25) is 0 Å². The molecule has 0 aliphatic carbocycles. The van der Waals surface area contributed by atoms with Crippen LogP contribution in [0.25, 0.3) is 83.2 Å². The number of hydrogen-bond acceptors (Lipinski definition) is 3. The molecular formula is C41H26N4. The summed E-state index contributed by atoms with van der Waals surface area (Å²) in [5.74, 6) is 1.95. The zero-order valence-corrected chi connectivity index (χ0v) is 24.3. The van der Waals surface area contributed by atoms with Crippen LogP contribution in [-0.2, 0) is 0 Å². The first-order chi connectivity index (χ1) is 22.3. The molecule has 0 N–H and O–H groups in total. The summed E-state index contributed by atoms with van der Waals surface area (Å²) in [4.78, 5) is 15.4. The van der Waals surface area contributed by atoms with E-state index in [1.807, 2.05) is 36.4 Å². The van der Waals surface area contributed by atoms with Gasteiger partial charge in [0.15, 0.2) is 17.5 Å². The van der Waals surface area contributed by atoms with Crippen molar-refractivity contribution in [2.45, 2.75) is 0 Å². The molecule has 0 spiro atoms. The number of fused-ring (bicyclic) bond motifs is 7. The minimum Gasteiger partial charge on any atom is -0.309 e. The fourth-order valence-corrected chi connectivity index (χ4v) is 6.60. The highest BCUT2D eigenvalue weighted by Gasteiger charge is 2.21. The van der Waals surface area contributed by atoms with E-state index in [1.54, 1.807) is 0 Å². The molecule has 2 aromatic heterocycles. The molecule has 0 bridgehead atoms. The van der Waals surface area contributed by atoms with Crippen LogP contribution >= 0.6 is 0 Å². The topological polar surface area (TPSA) is 43.6 Å². The molecule has 0 amide bonds. The van der Waals surface area contributed by atoms with Gasteiger partial charge in [-0.1, -0.05) is 133 Å². The quantitative estimate of drug-likeness (QED) is 0.196. The smallest absolute Gasteiger partial charge is 0.164 e. The second-order valence-corrected chi connectivity index (χ2v) is 11.3. The number of benzene rings is 7. The van der Waals surface area contributed by atoms with Crippen LogP contribution in [0.3, 0.4) is 0 Å². The van der Waals surface area contributed by atoms with E-state index in [0.29, 0.717) is 17.5 Å². The average Bonchev–Trinajstić information content (AvgIpc) is 3.47. The van der Waals surface area contributed by atoms with Crippen molar-refractivity contribution in [2.75, 3.05) is 0 Å². The Balaban J connectivity index is 1.48. The normalized spacial score (nSPS) is 11.6. The standard InChI is InChI=1S/C41H26N4/c1-4-14-27(15-5-1)39-42-40(28-16-6-2-7-17-28)44-41(43-39)35-26-29-18-10-11-21-31(29)33-24-25-34-32-22-12-13-23-36(32)45(38(34)37(33)35)30-19-8-3-9-20-30/h1-26H. The zero-order chi connectivity index (χ0) is 29.7. The highest BCUT2D eigenvalue weighted by molar-refractivity contribution is 6.26. The Morgan fingerprint density at radius 2 is 0.933 bits per heavy atom. The first-order valence-electron chi connectivity index (χ1n) is 15.1. The molecule has 9 aromatic rings. The highest BCUT2D eigenvalue weighted by atomic mass is 15.0. The summed E-state index contributed by atoms with van der Waals surface area (Å²) in [6.45, 7) is 0. The summed E-state index contributed by atoms with van der Waals surface area (Å²) in [5, 5.41) is 7.03. The molecule has 4 nitrogen and oxygen atoms in total. The fourth-order valence-electron chi connectivity index (χ4n) is 6.60. The second kappa shape index (κ2) is 10.2. The van der Waals surface area contributed by atoms with Crippen LogP contribution in [0.15, 0.2) is 158 Å². The summed E-state index contributed by atoms with van der Waals surface area (Å²) >= 11 is 0. The van der Waals surface area contributed by atoms with E-state index in [1.165, 1.54) is 21.5 Å². The van der Waals surface area contributed by atoms with Crippen LogP contribution in [0.2, 0.25) is 0 Å². The third-order valence-electron chi connectivity index (χ3n) is 8.61. The summed E-state index contributed by atoms with van der Waals surface area (Å²) in [6, 6.07) is 55.0. The number of nitrogens with zero attached hydrogens (tertiary/aromatic N) is 4. The van der Waals surface area contributed by atoms with E-state index in [2.05, 4.69) is 126 Å². The Morgan fingerprint density at radius 1 is 0.400 bits per heavy atom. The minimum atomic E-state index is 0.649. The van der Waals surface area contributed by atoms with Crippen molar-refractivity contribution in [2.24, 2.45) is 0 Å². The maximum atomic E-state index is 5.19. The van der Waals surface area contributed by atoms with Crippen molar-refractivity contribution in [3.63, 3.8) is 0 Å². The summed E-state index contributed by atoms with van der Waals surface area (Å²) < 4.78 is 2.39. The summed E-state index contributed by atoms with van der Waals surface area (Å²) in [5.41, 5.74) is 6.30. The molecule has 9 rings (SSSR count). The Bertz CT molecular complexity index is 2460. The van der Waals surface area contributed by atoms with E-state index in [0.717, 1.165) is 44.2 Å². The van der Waals surface area contributed by atoms with Crippen LogP contribution in [0.5, 0.6) is 0 Å². The van der Waals surface area contributed by atoms with Gasteiger partial charge in [-0.3, -0.25) is 0 Å². The molecule has 0 radical (unpaired) electrons. The van der Waals surface area contributed by atoms with E-state index in [9.17, 15) is 0 Å². The predicted octanol–water partition coefficient (Wildman–Crippen LogP) is 10.3. The van der Waals surface area contributed by atoms with E-state index >= 15 is 0 Å². The third-order valence-corrected chi connectivity index (χ3v) is 8.61. The molecule has 4 heteroatoms. The van der Waals surface area contributed by atoms with Gasteiger partial charge >= 0.3 is 0 Å². The molecule has 2 heterocycles. The Kier molecular flexibility index (Phi) is 5.78. The molecule has 0 fully saturated rings. The van der Waals surface area contributed by atoms with Crippen LogP contribution < -0.4 is 0 Å². The molecule has 0 aliphatic rings. The predicted molar refractivity (Wildman–Crippen MR) is 185 cm³/mol. The van der Waals surface area contributed by atoms with Gasteiger partial charge in [-0.2, -0.15) is 0 Å². The van der Waals surface area contributed by atoms with E-state index in [4.69, 9.17) is 15.0 Å². The van der Waals surface area contributed by atoms with Gasteiger partial charge in [0.1, 0.15) is 0 Å². The Morgan fingerprint density at radius 3 is 1.62 bits per heavy atom. The van der Waals surface area contributed by atoms with Gasteiger partial charge in [0, 0.05) is 38.5 Å². The van der Waals surface area contributed by atoms with Gasteiger partial charge in [0.05, 0.1) is 11.0 Å². The van der Waals surface area contributed by atoms with Gasteiger partial charge in [-0.05, 0) is 40.4 Å². The van der Waals surface area contributed by atoms with Crippen molar-refractivity contribution in [1.29, 1.82) is 0 Å². The lowest BCUT2D eigenvalue weighted by atomic mass is 9.94. The minimum absolute atomic E-state index is 0.649. The molecule has 0 aliphatic heterocycles. The SMILES string of the molecule is c1ccc(-c2nc(-c3ccccc3)nc(-c3cc4ccccc4c4ccc5c6ccccc6n(-c6ccccc6)c5c34)n2)cc1. The third kappa shape index (κ3) is 4.11. The average molecular weight is 575 g/mol. The van der Waals surface area contributed by atoms with Crippen LogP contribution in [0.4, 0.5) is 0 Å². The number of aromatic nitrogens is 4. The fraction of sp³-hybridized carbons (Fsp3) is 0. The number of rotatable bonds is 4. The molecule has 210 valence electrons. The van der Waals surface area contributed by atoms with Crippen LogP contribution in [0, 0.1) is 0 Å². The Hall–Kier alpha value is -6.13. The maximum absolute atomic E-state index is 5.19. The lowest BCUT2D eigenvalue weighted by Gasteiger charge is -2.15. The number of hydrogen-bond donors (Lipinski definition) is 0. The van der Waals surface area contributed by atoms with Crippen LogP contribution in [-0.4, -0.2) is 19.5 Å². The first kappa shape index (κ1) is 25.4. The molecule has 0 saturated carbocycles. The van der Waals surface area contributed by atoms with Gasteiger partial charge < -0.3 is 4.57 Å². The van der Waals surface area contributed by atoms with Crippen molar-refractivity contribution in [3.8, 4) is 39.9 Å². The van der Waals surface area contributed by atoms with Crippen molar-refractivity contribution in [3.05, 3.63) is 158 Å². The van der Waals surface area contributed by atoms with Crippen molar-refractivity contribution in [1.82, 2.24) is 19.5 Å². The molecule has 7 aromatic carbocycles. The molecule has 45 heavy (non-hydrogen) atoms. The second-order valence-electron chi connectivity index (χ2n) is 11.3. The van der Waals surface area contributed by atoms with Gasteiger partial charge in [0.25, 0.3) is 0 Å². The molecular weight excluding hydrogens is 548 g/mol. The van der Waals surface area contributed by atoms with E-state index < -0.39 is 0 Å². The molecule has 0 saturated heterocycles. The number of para-hydroxylation sites is 2. The summed E-state index contributed by atoms with van der Waals surface area (Å²) in [6.07, 6.45) is 0. The van der Waals surface area contributed by atoms with Crippen LogP contribution in [0.1, 0.15) is 0 Å². The largest absolute Gasteiger partial charge is 0.309 e. The van der Waals surface area contributed by atoms with Gasteiger partial charge in [-0.15, -0.1) is 0 Å². The van der Waals surface area contributed by atoms with Gasteiger partial charge in [-0.25, -0.2) is 15.0 Å². The van der Waals surface area contributed by atoms with Crippen molar-refractivity contribution < 1.29 is 0 Å². The maximum Gasteiger partial charge on any atom is 0.164 e. The first-order valence-corrected chi connectivity index (χ1v) is 15.1. The lowest BCUT2D eigenvalue weighted by molar-refractivity contribution is 1.08. The van der Waals surface area contributed by atoms with Crippen molar-refractivity contribution >= 4 is 43.4 Å². The highest BCUT2D eigenvalue weighted by Crippen LogP contribution is 2.43. The Labute approximate surface area is 259 Å². The summed E-state index contributed by atoms with van der Waals surface area (Å²) in [7, 11) is 0. The zero-order valence-electron chi connectivity index (χ0n) is 24.3. The molecule has 0 unspecified atom stereocenters.